The Morgan fingerprint density at radius 3 is 2.45 bits per heavy atom. The first-order valence-electron chi connectivity index (χ1n) is 10.1. The highest BCUT2D eigenvalue weighted by molar-refractivity contribution is 5.76. The summed E-state index contributed by atoms with van der Waals surface area (Å²) in [6.45, 7) is 7.32. The van der Waals surface area contributed by atoms with Crippen LogP contribution in [0.2, 0.25) is 0 Å². The van der Waals surface area contributed by atoms with Gasteiger partial charge in [0.15, 0.2) is 0 Å². The van der Waals surface area contributed by atoms with Crippen LogP contribution in [0, 0.1) is 13.8 Å². The summed E-state index contributed by atoms with van der Waals surface area (Å²) in [5, 5.41) is 4.05. The van der Waals surface area contributed by atoms with E-state index in [1.807, 2.05) is 36.1 Å². The molecule has 1 saturated heterocycles. The molecule has 0 atom stereocenters. The zero-order valence-electron chi connectivity index (χ0n) is 17.0. The number of hydrogen-bond acceptors (Lipinski definition) is 5. The highest BCUT2D eigenvalue weighted by Crippen LogP contribution is 2.19. The Hall–Kier alpha value is -3.15. The second-order valence-corrected chi connectivity index (χ2v) is 7.59. The third-order valence-corrected chi connectivity index (χ3v) is 5.30. The Bertz CT molecular complexity index is 990. The van der Waals surface area contributed by atoms with E-state index in [9.17, 15) is 4.79 Å². The normalized spacial score (nSPS) is 14.3. The molecule has 1 aliphatic heterocycles. The van der Waals surface area contributed by atoms with Crippen molar-refractivity contribution in [1.29, 1.82) is 0 Å². The molecule has 0 saturated carbocycles. The van der Waals surface area contributed by atoms with E-state index < -0.39 is 0 Å². The van der Waals surface area contributed by atoms with E-state index in [1.54, 1.807) is 0 Å². The van der Waals surface area contributed by atoms with Gasteiger partial charge in [-0.25, -0.2) is 0 Å². The van der Waals surface area contributed by atoms with Crippen molar-refractivity contribution in [3.63, 3.8) is 0 Å². The summed E-state index contributed by atoms with van der Waals surface area (Å²) in [6.07, 6.45) is 0.857. The van der Waals surface area contributed by atoms with Gasteiger partial charge in [0.2, 0.25) is 17.6 Å². The SMILES string of the molecule is Cc1cccc(-c2noc(CCC(=O)N3CCN(c4cccc(C)c4)CC3)n2)c1. The lowest BCUT2D eigenvalue weighted by Gasteiger charge is -2.36. The van der Waals surface area contributed by atoms with Gasteiger partial charge in [0.1, 0.15) is 0 Å². The fraction of sp³-hybridized carbons (Fsp3) is 0.348. The molecule has 4 rings (SSSR count). The lowest BCUT2D eigenvalue weighted by molar-refractivity contribution is -0.131. The van der Waals surface area contributed by atoms with Gasteiger partial charge in [0, 0.05) is 50.3 Å². The van der Waals surface area contributed by atoms with Crippen molar-refractivity contribution in [3.8, 4) is 11.4 Å². The molecular weight excluding hydrogens is 364 g/mol. The number of carbonyl (C=O) groups is 1. The highest BCUT2D eigenvalue weighted by atomic mass is 16.5. The maximum absolute atomic E-state index is 12.6. The van der Waals surface area contributed by atoms with Gasteiger partial charge >= 0.3 is 0 Å². The molecule has 0 spiro atoms. The van der Waals surface area contributed by atoms with Crippen molar-refractivity contribution in [2.45, 2.75) is 26.7 Å². The monoisotopic (exact) mass is 390 g/mol. The van der Waals surface area contributed by atoms with Crippen LogP contribution in [0.4, 0.5) is 5.69 Å². The van der Waals surface area contributed by atoms with Crippen LogP contribution in [0.1, 0.15) is 23.4 Å². The van der Waals surface area contributed by atoms with E-state index in [-0.39, 0.29) is 5.91 Å². The van der Waals surface area contributed by atoms with E-state index >= 15 is 0 Å². The minimum Gasteiger partial charge on any atom is -0.368 e. The van der Waals surface area contributed by atoms with Crippen LogP contribution < -0.4 is 4.90 Å². The second kappa shape index (κ2) is 8.47. The number of hydrogen-bond donors (Lipinski definition) is 0. The number of aryl methyl sites for hydroxylation is 3. The molecule has 0 aliphatic carbocycles. The lowest BCUT2D eigenvalue weighted by atomic mass is 10.1. The molecule has 2 heterocycles. The fourth-order valence-electron chi connectivity index (χ4n) is 3.67. The number of piperazine rings is 1. The molecule has 1 fully saturated rings. The molecule has 0 unspecified atom stereocenters. The third-order valence-electron chi connectivity index (χ3n) is 5.30. The molecule has 2 aromatic carbocycles. The average Bonchev–Trinajstić information content (AvgIpc) is 3.21. The van der Waals surface area contributed by atoms with E-state index in [0.29, 0.717) is 24.6 Å². The molecule has 3 aromatic rings. The Labute approximate surface area is 171 Å². The smallest absolute Gasteiger partial charge is 0.227 e. The number of anilines is 1. The molecule has 0 bridgehead atoms. The van der Waals surface area contributed by atoms with Crippen LogP contribution in [0.15, 0.2) is 53.1 Å². The third kappa shape index (κ3) is 4.65. The van der Waals surface area contributed by atoms with Gasteiger partial charge in [-0.1, -0.05) is 41.1 Å². The average molecular weight is 390 g/mol. The Kier molecular flexibility index (Phi) is 5.60. The predicted octanol–water partition coefficient (Wildman–Crippen LogP) is 3.63. The van der Waals surface area contributed by atoms with Crippen LogP contribution in [0.25, 0.3) is 11.4 Å². The fourth-order valence-corrected chi connectivity index (χ4v) is 3.67. The topological polar surface area (TPSA) is 62.5 Å². The molecule has 0 radical (unpaired) electrons. The van der Waals surface area contributed by atoms with Crippen molar-refractivity contribution >= 4 is 11.6 Å². The minimum atomic E-state index is 0.143. The predicted molar refractivity (Wildman–Crippen MR) is 113 cm³/mol. The van der Waals surface area contributed by atoms with Crippen molar-refractivity contribution < 1.29 is 9.32 Å². The molecule has 0 N–H and O–H groups in total. The molecular formula is C23H26N4O2. The largest absolute Gasteiger partial charge is 0.368 e. The minimum absolute atomic E-state index is 0.143. The maximum Gasteiger partial charge on any atom is 0.227 e. The van der Waals surface area contributed by atoms with Crippen molar-refractivity contribution in [1.82, 2.24) is 15.0 Å². The number of amides is 1. The number of aromatic nitrogens is 2. The van der Waals surface area contributed by atoms with Gasteiger partial charge in [-0.2, -0.15) is 4.98 Å². The molecule has 6 heteroatoms. The van der Waals surface area contributed by atoms with Crippen LogP contribution in [-0.2, 0) is 11.2 Å². The van der Waals surface area contributed by atoms with Gasteiger partial charge in [0.25, 0.3) is 0 Å². The standard InChI is InChI=1S/C23H26N4O2/c1-17-5-3-7-19(15-17)23-24-21(29-25-23)9-10-22(28)27-13-11-26(12-14-27)20-8-4-6-18(2)16-20/h3-8,15-16H,9-14H2,1-2H3. The molecule has 1 aromatic heterocycles. The first-order chi connectivity index (χ1) is 14.1. The van der Waals surface area contributed by atoms with E-state index in [2.05, 4.69) is 46.2 Å². The zero-order valence-corrected chi connectivity index (χ0v) is 17.0. The summed E-state index contributed by atoms with van der Waals surface area (Å²) in [5.41, 5.74) is 4.56. The summed E-state index contributed by atoms with van der Waals surface area (Å²) in [6, 6.07) is 16.5. The maximum atomic E-state index is 12.6. The summed E-state index contributed by atoms with van der Waals surface area (Å²) in [7, 11) is 0. The summed E-state index contributed by atoms with van der Waals surface area (Å²) >= 11 is 0. The summed E-state index contributed by atoms with van der Waals surface area (Å²) in [5.74, 6) is 1.22. The molecule has 29 heavy (non-hydrogen) atoms. The van der Waals surface area contributed by atoms with Gasteiger partial charge in [0.05, 0.1) is 0 Å². The molecule has 1 aliphatic rings. The van der Waals surface area contributed by atoms with E-state index in [0.717, 1.165) is 37.3 Å². The van der Waals surface area contributed by atoms with E-state index in [1.165, 1.54) is 11.3 Å². The van der Waals surface area contributed by atoms with Gasteiger partial charge in [-0.05, 0) is 37.6 Å². The second-order valence-electron chi connectivity index (χ2n) is 7.59. The molecule has 6 nitrogen and oxygen atoms in total. The van der Waals surface area contributed by atoms with Crippen LogP contribution in [0.5, 0.6) is 0 Å². The molecule has 1 amide bonds. The first kappa shape index (κ1) is 19.2. The van der Waals surface area contributed by atoms with Gasteiger partial charge in [-0.3, -0.25) is 4.79 Å². The van der Waals surface area contributed by atoms with Gasteiger partial charge < -0.3 is 14.3 Å². The van der Waals surface area contributed by atoms with Crippen molar-refractivity contribution in [2.75, 3.05) is 31.1 Å². The van der Waals surface area contributed by atoms with E-state index in [4.69, 9.17) is 4.52 Å². The Morgan fingerprint density at radius 1 is 1.00 bits per heavy atom. The number of nitrogens with zero attached hydrogens (tertiary/aromatic N) is 4. The Morgan fingerprint density at radius 2 is 1.72 bits per heavy atom. The van der Waals surface area contributed by atoms with Crippen molar-refractivity contribution in [3.05, 3.63) is 65.5 Å². The van der Waals surface area contributed by atoms with Crippen molar-refractivity contribution in [2.24, 2.45) is 0 Å². The lowest BCUT2D eigenvalue weighted by Crippen LogP contribution is -2.48. The number of rotatable bonds is 5. The van der Waals surface area contributed by atoms with Crippen LogP contribution in [-0.4, -0.2) is 47.1 Å². The number of benzene rings is 2. The zero-order chi connectivity index (χ0) is 20.2. The van der Waals surface area contributed by atoms with Gasteiger partial charge in [-0.15, -0.1) is 0 Å². The highest BCUT2D eigenvalue weighted by Gasteiger charge is 2.22. The molecule has 150 valence electrons. The quantitative estimate of drug-likeness (QED) is 0.666. The van der Waals surface area contributed by atoms with Crippen LogP contribution >= 0.6 is 0 Å². The number of carbonyl (C=O) groups excluding carboxylic acids is 1. The Balaban J connectivity index is 1.29. The summed E-state index contributed by atoms with van der Waals surface area (Å²) < 4.78 is 5.34. The summed E-state index contributed by atoms with van der Waals surface area (Å²) in [4.78, 5) is 21.3. The first-order valence-corrected chi connectivity index (χ1v) is 10.1. The van der Waals surface area contributed by atoms with Crippen LogP contribution in [0.3, 0.4) is 0 Å².